The number of likely N-dealkylation sites (tertiary alicyclic amines) is 2. The van der Waals surface area contributed by atoms with Gasteiger partial charge in [0.1, 0.15) is 11.6 Å². The number of piperidine rings is 1. The summed E-state index contributed by atoms with van der Waals surface area (Å²) < 4.78 is 5.44. The number of hydrogen-bond donors (Lipinski definition) is 2. The van der Waals surface area contributed by atoms with Gasteiger partial charge in [-0.25, -0.2) is 4.79 Å². The highest BCUT2D eigenvalue weighted by atomic mass is 16.6. The van der Waals surface area contributed by atoms with Crippen molar-refractivity contribution in [2.24, 2.45) is 11.7 Å². The average molecular weight is 431 g/mol. The van der Waals surface area contributed by atoms with Gasteiger partial charge < -0.3 is 15.8 Å². The van der Waals surface area contributed by atoms with E-state index in [1.165, 1.54) is 4.90 Å². The number of nitrogens with one attached hydrogen (secondary N) is 1. The van der Waals surface area contributed by atoms with E-state index in [4.69, 9.17) is 10.5 Å². The lowest BCUT2D eigenvalue weighted by molar-refractivity contribution is -0.123. The predicted molar refractivity (Wildman–Crippen MR) is 118 cm³/mol. The molecule has 0 saturated carbocycles. The van der Waals surface area contributed by atoms with Crippen molar-refractivity contribution in [3.63, 3.8) is 0 Å². The molecular formula is C23H34N4O4. The molecule has 2 aliphatic heterocycles. The van der Waals surface area contributed by atoms with Crippen molar-refractivity contribution < 1.29 is 19.1 Å². The minimum Gasteiger partial charge on any atom is -0.444 e. The van der Waals surface area contributed by atoms with Gasteiger partial charge in [-0.1, -0.05) is 12.1 Å². The maximum atomic E-state index is 12.8. The maximum Gasteiger partial charge on any atom is 0.410 e. The number of amides is 3. The molecule has 0 bridgehead atoms. The third-order valence-corrected chi connectivity index (χ3v) is 5.72. The summed E-state index contributed by atoms with van der Waals surface area (Å²) in [7, 11) is 0. The van der Waals surface area contributed by atoms with Crippen molar-refractivity contribution in [2.45, 2.75) is 64.6 Å². The van der Waals surface area contributed by atoms with Gasteiger partial charge in [-0.15, -0.1) is 0 Å². The lowest BCUT2D eigenvalue weighted by Gasteiger charge is -2.31. The zero-order chi connectivity index (χ0) is 22.6. The Morgan fingerprint density at radius 1 is 1.10 bits per heavy atom. The molecule has 3 N–H and O–H groups in total. The van der Waals surface area contributed by atoms with E-state index in [1.54, 1.807) is 0 Å². The molecule has 2 aliphatic rings. The van der Waals surface area contributed by atoms with Crippen LogP contribution in [0.25, 0.3) is 0 Å². The normalized spacial score (nSPS) is 22.2. The number of nitrogens with two attached hydrogens (primary N) is 1. The summed E-state index contributed by atoms with van der Waals surface area (Å²) >= 11 is 0. The second-order valence-corrected chi connectivity index (χ2v) is 9.49. The molecule has 0 spiro atoms. The number of carbonyl (C=O) groups excluding carboxylic acids is 3. The second-order valence-electron chi connectivity index (χ2n) is 9.49. The van der Waals surface area contributed by atoms with Crippen LogP contribution in [0, 0.1) is 5.92 Å². The minimum atomic E-state index is -0.595. The molecule has 3 amide bonds. The summed E-state index contributed by atoms with van der Waals surface area (Å²) in [5.74, 6) is -0.502. The third kappa shape index (κ3) is 6.43. The van der Waals surface area contributed by atoms with Gasteiger partial charge in [0.25, 0.3) is 0 Å². The fraction of sp³-hybridized carbons (Fsp3) is 0.609. The van der Waals surface area contributed by atoms with Crippen LogP contribution in [-0.2, 0) is 20.9 Å². The first-order valence-electron chi connectivity index (χ1n) is 11.0. The first-order valence-corrected chi connectivity index (χ1v) is 11.0. The lowest BCUT2D eigenvalue weighted by atomic mass is 9.97. The van der Waals surface area contributed by atoms with Crippen molar-refractivity contribution >= 4 is 23.6 Å². The molecule has 8 nitrogen and oxygen atoms in total. The van der Waals surface area contributed by atoms with Crippen molar-refractivity contribution in [1.29, 1.82) is 0 Å². The van der Waals surface area contributed by atoms with E-state index < -0.39 is 17.7 Å². The molecule has 1 aromatic carbocycles. The van der Waals surface area contributed by atoms with E-state index in [1.807, 2.05) is 45.0 Å². The van der Waals surface area contributed by atoms with E-state index in [9.17, 15) is 14.4 Å². The van der Waals surface area contributed by atoms with Crippen LogP contribution < -0.4 is 11.1 Å². The molecule has 170 valence electrons. The highest BCUT2D eigenvalue weighted by molar-refractivity contribution is 5.96. The summed E-state index contributed by atoms with van der Waals surface area (Å²) in [5, 5.41) is 2.92. The number of hydrogen-bond acceptors (Lipinski definition) is 5. The monoisotopic (exact) mass is 430 g/mol. The molecule has 2 heterocycles. The van der Waals surface area contributed by atoms with Gasteiger partial charge in [0.15, 0.2) is 0 Å². The van der Waals surface area contributed by atoms with E-state index in [0.29, 0.717) is 25.2 Å². The Kier molecular flexibility index (Phi) is 7.20. The molecule has 2 fully saturated rings. The zero-order valence-electron chi connectivity index (χ0n) is 18.7. The Labute approximate surface area is 184 Å². The molecule has 2 saturated heterocycles. The predicted octanol–water partition coefficient (Wildman–Crippen LogP) is 2.72. The van der Waals surface area contributed by atoms with Gasteiger partial charge >= 0.3 is 6.09 Å². The van der Waals surface area contributed by atoms with Crippen LogP contribution in [0.5, 0.6) is 0 Å². The number of benzene rings is 1. The highest BCUT2D eigenvalue weighted by Crippen LogP contribution is 2.23. The van der Waals surface area contributed by atoms with Crippen molar-refractivity contribution in [2.75, 3.05) is 25.0 Å². The molecule has 1 aromatic rings. The molecule has 31 heavy (non-hydrogen) atoms. The SMILES string of the molecule is CC(C)(C)OC(=O)N1CCCC1C(=O)Nc1ccc(CN2CCCC(C(N)=O)C2)cc1. The van der Waals surface area contributed by atoms with Gasteiger partial charge in [0.05, 0.1) is 5.92 Å². The molecule has 0 aromatic heterocycles. The molecule has 2 unspecified atom stereocenters. The van der Waals surface area contributed by atoms with Gasteiger partial charge in [0.2, 0.25) is 11.8 Å². The van der Waals surface area contributed by atoms with E-state index in [-0.39, 0.29) is 17.7 Å². The fourth-order valence-corrected chi connectivity index (χ4v) is 4.19. The van der Waals surface area contributed by atoms with Crippen LogP contribution in [0.15, 0.2) is 24.3 Å². The zero-order valence-corrected chi connectivity index (χ0v) is 18.7. The third-order valence-electron chi connectivity index (χ3n) is 5.72. The number of ether oxygens (including phenoxy) is 1. The Bertz CT molecular complexity index is 803. The fourth-order valence-electron chi connectivity index (χ4n) is 4.19. The number of nitrogens with zero attached hydrogens (tertiary/aromatic N) is 2. The first-order chi connectivity index (χ1) is 14.6. The Balaban J connectivity index is 1.55. The van der Waals surface area contributed by atoms with Crippen LogP contribution >= 0.6 is 0 Å². The maximum absolute atomic E-state index is 12.8. The molecule has 0 aliphatic carbocycles. The van der Waals surface area contributed by atoms with Gasteiger partial charge in [0, 0.05) is 25.3 Å². The van der Waals surface area contributed by atoms with Crippen LogP contribution in [-0.4, -0.2) is 59.0 Å². The second kappa shape index (κ2) is 9.68. The van der Waals surface area contributed by atoms with Crippen LogP contribution in [0.4, 0.5) is 10.5 Å². The number of carbonyl (C=O) groups is 3. The lowest BCUT2D eigenvalue weighted by Crippen LogP contribution is -2.45. The van der Waals surface area contributed by atoms with E-state index in [2.05, 4.69) is 10.2 Å². The van der Waals surface area contributed by atoms with Gasteiger partial charge in [-0.05, 0) is 70.7 Å². The molecule has 3 rings (SSSR count). The summed E-state index contributed by atoms with van der Waals surface area (Å²) in [5.41, 5.74) is 6.67. The number of primary amides is 1. The quantitative estimate of drug-likeness (QED) is 0.747. The highest BCUT2D eigenvalue weighted by Gasteiger charge is 2.36. The number of rotatable bonds is 5. The van der Waals surface area contributed by atoms with Crippen LogP contribution in [0.1, 0.15) is 52.0 Å². The van der Waals surface area contributed by atoms with E-state index in [0.717, 1.165) is 37.9 Å². The summed E-state index contributed by atoms with van der Waals surface area (Å²) in [6.45, 7) is 8.35. The summed E-state index contributed by atoms with van der Waals surface area (Å²) in [4.78, 5) is 40.4. The van der Waals surface area contributed by atoms with Crippen molar-refractivity contribution in [3.05, 3.63) is 29.8 Å². The molecule has 8 heteroatoms. The first kappa shape index (κ1) is 23.1. The van der Waals surface area contributed by atoms with Gasteiger partial charge in [-0.2, -0.15) is 0 Å². The molecule has 0 radical (unpaired) electrons. The Morgan fingerprint density at radius 3 is 2.42 bits per heavy atom. The topological polar surface area (TPSA) is 105 Å². The van der Waals surface area contributed by atoms with Crippen LogP contribution in [0.2, 0.25) is 0 Å². The molecule has 2 atom stereocenters. The van der Waals surface area contributed by atoms with Crippen molar-refractivity contribution in [1.82, 2.24) is 9.80 Å². The Hall–Kier alpha value is -2.61. The van der Waals surface area contributed by atoms with Crippen LogP contribution in [0.3, 0.4) is 0 Å². The molecular weight excluding hydrogens is 396 g/mol. The van der Waals surface area contributed by atoms with E-state index >= 15 is 0 Å². The minimum absolute atomic E-state index is 0.0772. The van der Waals surface area contributed by atoms with Gasteiger partial charge in [-0.3, -0.25) is 19.4 Å². The average Bonchev–Trinajstić information content (AvgIpc) is 3.19. The van der Waals surface area contributed by atoms with Crippen molar-refractivity contribution in [3.8, 4) is 0 Å². The summed E-state index contributed by atoms with van der Waals surface area (Å²) in [6, 6.07) is 7.17. The summed E-state index contributed by atoms with van der Waals surface area (Å²) in [6.07, 6.45) is 2.78. The number of anilines is 1. The Morgan fingerprint density at radius 2 is 1.77 bits per heavy atom. The smallest absolute Gasteiger partial charge is 0.410 e. The largest absolute Gasteiger partial charge is 0.444 e. The standard InChI is InChI=1S/C23H34N4O4/c1-23(2,3)31-22(30)27-13-5-7-19(27)21(29)25-18-10-8-16(9-11-18)14-26-12-4-6-17(15-26)20(24)28/h8-11,17,19H,4-7,12-15H2,1-3H3,(H2,24,28)(H,25,29).